The molecule has 0 spiro atoms. The summed E-state index contributed by atoms with van der Waals surface area (Å²) in [6.45, 7) is 0.881. The first-order chi connectivity index (χ1) is 13.2. The number of aliphatic hydroxyl groups is 7. The second-order valence-corrected chi connectivity index (χ2v) is 7.97. The van der Waals surface area contributed by atoms with Crippen LogP contribution in [0.2, 0.25) is 0 Å². The molecule has 2 saturated heterocycles. The van der Waals surface area contributed by atoms with Gasteiger partial charge in [-0.3, -0.25) is 0 Å². The molecule has 0 aromatic heterocycles. The SMILES string of the molecule is CC(NCC1(O)OCC(O)C(OC2OC(CO)C(O)C(O)C2O)C1O)C1CC1. The molecule has 164 valence electrons. The Morgan fingerprint density at radius 1 is 1.11 bits per heavy atom. The molecule has 3 aliphatic rings. The molecule has 0 aromatic rings. The van der Waals surface area contributed by atoms with Crippen LogP contribution in [0.3, 0.4) is 0 Å². The van der Waals surface area contributed by atoms with E-state index in [9.17, 15) is 35.7 Å². The highest BCUT2D eigenvalue weighted by atomic mass is 16.7. The van der Waals surface area contributed by atoms with Crippen molar-refractivity contribution in [3.8, 4) is 0 Å². The first kappa shape index (κ1) is 22.2. The number of nitrogens with one attached hydrogen (secondary N) is 1. The largest absolute Gasteiger partial charge is 0.394 e. The van der Waals surface area contributed by atoms with Gasteiger partial charge in [-0.25, -0.2) is 0 Å². The number of aliphatic hydroxyl groups excluding tert-OH is 6. The molecule has 0 amide bonds. The topological polar surface area (TPSA) is 181 Å². The van der Waals surface area contributed by atoms with Crippen molar-refractivity contribution in [3.63, 3.8) is 0 Å². The van der Waals surface area contributed by atoms with Crippen molar-refractivity contribution in [1.29, 1.82) is 0 Å². The number of rotatable bonds is 7. The Hall–Kier alpha value is -0.440. The van der Waals surface area contributed by atoms with Crippen LogP contribution in [0.1, 0.15) is 19.8 Å². The quantitative estimate of drug-likeness (QED) is 0.205. The average molecular weight is 409 g/mol. The Balaban J connectivity index is 1.65. The van der Waals surface area contributed by atoms with Gasteiger partial charge in [0.05, 0.1) is 19.8 Å². The van der Waals surface area contributed by atoms with Crippen molar-refractivity contribution in [1.82, 2.24) is 5.32 Å². The van der Waals surface area contributed by atoms with Gasteiger partial charge in [-0.2, -0.15) is 0 Å². The molecule has 11 nitrogen and oxygen atoms in total. The molecule has 1 saturated carbocycles. The molecule has 1 aliphatic carbocycles. The van der Waals surface area contributed by atoms with Crippen LogP contribution in [0, 0.1) is 5.92 Å². The molecular formula is C17H31NO10. The minimum atomic E-state index is -2.04. The van der Waals surface area contributed by atoms with E-state index in [1.807, 2.05) is 6.92 Å². The van der Waals surface area contributed by atoms with E-state index >= 15 is 0 Å². The van der Waals surface area contributed by atoms with E-state index in [0.717, 1.165) is 12.8 Å². The van der Waals surface area contributed by atoms with Crippen LogP contribution < -0.4 is 5.32 Å². The zero-order chi connectivity index (χ0) is 20.6. The molecule has 28 heavy (non-hydrogen) atoms. The standard InChI is InChI=1S/C17H31NO10/c1-7(8-2-3-8)18-6-17(25)15(24)14(9(20)5-26-17)28-16-13(23)12(22)11(21)10(4-19)27-16/h7-16,18-25H,2-6H2,1H3. The van der Waals surface area contributed by atoms with Crippen LogP contribution in [-0.4, -0.2) is 116 Å². The lowest BCUT2D eigenvalue weighted by molar-refractivity contribution is -0.367. The lowest BCUT2D eigenvalue weighted by atomic mass is 9.95. The Kier molecular flexibility index (Phi) is 6.94. The minimum Gasteiger partial charge on any atom is -0.394 e. The van der Waals surface area contributed by atoms with Crippen molar-refractivity contribution < 1.29 is 50.0 Å². The van der Waals surface area contributed by atoms with Crippen molar-refractivity contribution in [2.24, 2.45) is 5.92 Å². The number of hydrogen-bond donors (Lipinski definition) is 8. The van der Waals surface area contributed by atoms with Crippen LogP contribution in [0.25, 0.3) is 0 Å². The monoisotopic (exact) mass is 409 g/mol. The van der Waals surface area contributed by atoms with E-state index in [1.165, 1.54) is 0 Å². The summed E-state index contributed by atoms with van der Waals surface area (Å²) >= 11 is 0. The zero-order valence-electron chi connectivity index (χ0n) is 15.7. The maximum atomic E-state index is 10.7. The Bertz CT molecular complexity index is 520. The van der Waals surface area contributed by atoms with E-state index in [0.29, 0.717) is 5.92 Å². The van der Waals surface area contributed by atoms with E-state index in [1.54, 1.807) is 0 Å². The molecule has 2 aliphatic heterocycles. The van der Waals surface area contributed by atoms with E-state index in [2.05, 4.69) is 5.32 Å². The lowest BCUT2D eigenvalue weighted by Crippen LogP contribution is -2.67. The molecule has 0 radical (unpaired) electrons. The minimum absolute atomic E-state index is 0.104. The second kappa shape index (κ2) is 8.74. The highest BCUT2D eigenvalue weighted by Crippen LogP contribution is 2.33. The van der Waals surface area contributed by atoms with Gasteiger partial charge in [0.2, 0.25) is 5.79 Å². The molecule has 3 rings (SSSR count). The average Bonchev–Trinajstić information content (AvgIpc) is 3.52. The summed E-state index contributed by atoms with van der Waals surface area (Å²) in [6, 6.07) is 0.122. The van der Waals surface area contributed by atoms with Gasteiger partial charge in [-0.1, -0.05) is 0 Å². The third-order valence-corrected chi connectivity index (χ3v) is 5.80. The van der Waals surface area contributed by atoms with Gasteiger partial charge in [0, 0.05) is 6.04 Å². The molecule has 8 N–H and O–H groups in total. The Labute approximate surface area is 162 Å². The smallest absolute Gasteiger partial charge is 0.207 e. The van der Waals surface area contributed by atoms with E-state index in [-0.39, 0.29) is 19.2 Å². The number of ether oxygens (including phenoxy) is 3. The van der Waals surface area contributed by atoms with Crippen LogP contribution in [0.15, 0.2) is 0 Å². The fraction of sp³-hybridized carbons (Fsp3) is 1.00. The molecule has 3 fully saturated rings. The highest BCUT2D eigenvalue weighted by Gasteiger charge is 2.53. The summed E-state index contributed by atoms with van der Waals surface area (Å²) in [5, 5.41) is 73.6. The third-order valence-electron chi connectivity index (χ3n) is 5.80. The van der Waals surface area contributed by atoms with Crippen molar-refractivity contribution in [2.45, 2.75) is 80.6 Å². The van der Waals surface area contributed by atoms with Crippen LogP contribution >= 0.6 is 0 Å². The maximum Gasteiger partial charge on any atom is 0.207 e. The predicted molar refractivity (Wildman–Crippen MR) is 91.7 cm³/mol. The normalized spacial score (nSPS) is 48.4. The van der Waals surface area contributed by atoms with E-state index in [4.69, 9.17) is 14.2 Å². The fourth-order valence-corrected chi connectivity index (χ4v) is 3.60. The van der Waals surface area contributed by atoms with E-state index < -0.39 is 61.4 Å². The summed E-state index contributed by atoms with van der Waals surface area (Å²) in [6.07, 6.45) is -9.91. The first-order valence-corrected chi connectivity index (χ1v) is 9.59. The Morgan fingerprint density at radius 2 is 1.79 bits per heavy atom. The van der Waals surface area contributed by atoms with Crippen LogP contribution in [-0.2, 0) is 14.2 Å². The zero-order valence-corrected chi connectivity index (χ0v) is 15.7. The summed E-state index contributed by atoms with van der Waals surface area (Å²) in [5.41, 5.74) is 0. The van der Waals surface area contributed by atoms with Gasteiger partial charge in [-0.05, 0) is 25.7 Å². The van der Waals surface area contributed by atoms with Gasteiger partial charge >= 0.3 is 0 Å². The van der Waals surface area contributed by atoms with Gasteiger partial charge in [0.25, 0.3) is 0 Å². The molecule has 10 unspecified atom stereocenters. The number of hydrogen-bond acceptors (Lipinski definition) is 11. The molecule has 10 atom stereocenters. The first-order valence-electron chi connectivity index (χ1n) is 9.59. The Morgan fingerprint density at radius 3 is 2.39 bits per heavy atom. The fourth-order valence-electron chi connectivity index (χ4n) is 3.60. The summed E-state index contributed by atoms with van der Waals surface area (Å²) in [7, 11) is 0. The summed E-state index contributed by atoms with van der Waals surface area (Å²) < 4.78 is 16.0. The van der Waals surface area contributed by atoms with Gasteiger partial charge in [-0.15, -0.1) is 0 Å². The molecule has 0 aromatic carbocycles. The molecular weight excluding hydrogens is 378 g/mol. The highest BCUT2D eigenvalue weighted by molar-refractivity contribution is 4.97. The summed E-state index contributed by atoms with van der Waals surface area (Å²) in [4.78, 5) is 0. The van der Waals surface area contributed by atoms with Gasteiger partial charge < -0.3 is 55.3 Å². The maximum absolute atomic E-state index is 10.7. The lowest BCUT2D eigenvalue weighted by Gasteiger charge is -2.47. The second-order valence-electron chi connectivity index (χ2n) is 7.97. The molecule has 2 heterocycles. The van der Waals surface area contributed by atoms with Crippen molar-refractivity contribution in [3.05, 3.63) is 0 Å². The molecule has 11 heteroatoms. The van der Waals surface area contributed by atoms with Crippen molar-refractivity contribution >= 4 is 0 Å². The van der Waals surface area contributed by atoms with Gasteiger partial charge in [0.1, 0.15) is 42.7 Å². The van der Waals surface area contributed by atoms with Crippen molar-refractivity contribution in [2.75, 3.05) is 19.8 Å². The molecule has 0 bridgehead atoms. The van der Waals surface area contributed by atoms with Crippen LogP contribution in [0.5, 0.6) is 0 Å². The van der Waals surface area contributed by atoms with Gasteiger partial charge in [0.15, 0.2) is 6.29 Å². The summed E-state index contributed by atoms with van der Waals surface area (Å²) in [5.74, 6) is -1.53. The predicted octanol–water partition coefficient (Wildman–Crippen LogP) is -4.00. The van der Waals surface area contributed by atoms with Crippen LogP contribution in [0.4, 0.5) is 0 Å². The third kappa shape index (κ3) is 4.50.